The number of nitrogens with one attached hydrogen (secondary N) is 1. The van der Waals surface area contributed by atoms with Gasteiger partial charge in [0.2, 0.25) is 11.7 Å². The highest BCUT2D eigenvalue weighted by Crippen LogP contribution is 2.61. The van der Waals surface area contributed by atoms with E-state index in [4.69, 9.17) is 0 Å². The van der Waals surface area contributed by atoms with E-state index in [1.165, 1.54) is 49.9 Å². The van der Waals surface area contributed by atoms with E-state index >= 15 is 0 Å². The van der Waals surface area contributed by atoms with Gasteiger partial charge in [0.25, 0.3) is 5.56 Å². The SMILES string of the molecule is C[C@@H](NC(=O)CCCc1nnc2n(C)c(=O)c3sccc3n12)C12CC3CC(CC(C3)C1)C2. The molecule has 3 aromatic heterocycles. The first-order chi connectivity index (χ1) is 15.4. The van der Waals surface area contributed by atoms with E-state index in [2.05, 4.69) is 22.4 Å². The Morgan fingerprint density at radius 2 is 1.91 bits per heavy atom. The zero-order valence-electron chi connectivity index (χ0n) is 18.8. The minimum absolute atomic E-state index is 0.0421. The molecule has 0 saturated heterocycles. The lowest BCUT2D eigenvalue weighted by molar-refractivity contribution is -0.126. The molecule has 32 heavy (non-hydrogen) atoms. The Kier molecular flexibility index (Phi) is 4.72. The molecule has 7 nitrogen and oxygen atoms in total. The van der Waals surface area contributed by atoms with Crippen LogP contribution in [-0.2, 0) is 18.3 Å². The van der Waals surface area contributed by atoms with Crippen molar-refractivity contribution in [1.29, 1.82) is 0 Å². The van der Waals surface area contributed by atoms with E-state index in [1.807, 2.05) is 15.8 Å². The highest BCUT2D eigenvalue weighted by Gasteiger charge is 2.53. The lowest BCUT2D eigenvalue weighted by atomic mass is 9.48. The van der Waals surface area contributed by atoms with E-state index in [0.717, 1.165) is 29.1 Å². The van der Waals surface area contributed by atoms with Gasteiger partial charge in [0.05, 0.1) is 5.52 Å². The van der Waals surface area contributed by atoms with E-state index < -0.39 is 0 Å². The van der Waals surface area contributed by atoms with Crippen molar-refractivity contribution < 1.29 is 4.79 Å². The van der Waals surface area contributed by atoms with Crippen molar-refractivity contribution in [3.05, 3.63) is 27.6 Å². The summed E-state index contributed by atoms with van der Waals surface area (Å²) in [5.74, 6) is 4.19. The molecule has 3 aromatic rings. The number of aryl methyl sites for hydroxylation is 2. The first-order valence-electron chi connectivity index (χ1n) is 12.0. The summed E-state index contributed by atoms with van der Waals surface area (Å²) in [6.07, 6.45) is 10.1. The molecule has 4 bridgehead atoms. The second kappa shape index (κ2) is 7.40. The molecule has 170 valence electrons. The van der Waals surface area contributed by atoms with Crippen molar-refractivity contribution in [2.24, 2.45) is 30.2 Å². The topological polar surface area (TPSA) is 81.3 Å². The maximum Gasteiger partial charge on any atom is 0.272 e. The Morgan fingerprint density at radius 1 is 1.22 bits per heavy atom. The average molecular weight is 454 g/mol. The van der Waals surface area contributed by atoms with Crippen LogP contribution in [-0.4, -0.2) is 31.1 Å². The summed E-state index contributed by atoms with van der Waals surface area (Å²) in [7, 11) is 1.73. The molecule has 0 radical (unpaired) electrons. The maximum absolute atomic E-state index is 12.8. The normalized spacial score (nSPS) is 29.8. The zero-order valence-corrected chi connectivity index (χ0v) is 19.7. The predicted octanol–water partition coefficient (Wildman–Crippen LogP) is 3.69. The number of carbonyl (C=O) groups excluding carboxylic acids is 1. The maximum atomic E-state index is 12.8. The van der Waals surface area contributed by atoms with Crippen molar-refractivity contribution in [2.45, 2.75) is 70.8 Å². The van der Waals surface area contributed by atoms with Crippen LogP contribution in [0.2, 0.25) is 0 Å². The van der Waals surface area contributed by atoms with Gasteiger partial charge in [-0.2, -0.15) is 0 Å². The van der Waals surface area contributed by atoms with Crippen LogP contribution in [0.3, 0.4) is 0 Å². The summed E-state index contributed by atoms with van der Waals surface area (Å²) in [5.41, 5.74) is 1.15. The standard InChI is InChI=1S/C24H31N5O2S/c1-14(24-11-15-8-16(12-24)10-17(9-15)13-24)25-20(30)5-3-4-19-26-27-23-28(2)22(31)21-18(29(19)23)6-7-32-21/h6-7,14-17H,3-5,8-13H2,1-2H3,(H,25,30)/t14-,15?,16?,17?,24?/m1/s1. The van der Waals surface area contributed by atoms with Crippen LogP contribution >= 0.6 is 11.3 Å². The number of fused-ring (bicyclic) bond motifs is 3. The number of amides is 1. The number of nitrogens with zero attached hydrogens (tertiary/aromatic N) is 4. The minimum atomic E-state index is -0.0421. The Bertz CT molecular complexity index is 1220. The second-order valence-electron chi connectivity index (χ2n) is 10.7. The van der Waals surface area contributed by atoms with Crippen LogP contribution in [0.25, 0.3) is 16.0 Å². The smallest absolute Gasteiger partial charge is 0.272 e. The fraction of sp³-hybridized carbons (Fsp3) is 0.667. The Balaban J connectivity index is 1.12. The monoisotopic (exact) mass is 453 g/mol. The van der Waals surface area contributed by atoms with Crippen LogP contribution in [0, 0.1) is 23.2 Å². The molecule has 1 atom stereocenters. The number of rotatable bonds is 6. The van der Waals surface area contributed by atoms with Gasteiger partial charge < -0.3 is 5.32 Å². The van der Waals surface area contributed by atoms with Crippen molar-refractivity contribution in [3.63, 3.8) is 0 Å². The van der Waals surface area contributed by atoms with Gasteiger partial charge in [0.15, 0.2) is 0 Å². The molecule has 1 N–H and O–H groups in total. The molecule has 3 heterocycles. The van der Waals surface area contributed by atoms with Crippen molar-refractivity contribution >= 4 is 33.2 Å². The van der Waals surface area contributed by atoms with Crippen LogP contribution in [0.4, 0.5) is 0 Å². The molecule has 4 saturated carbocycles. The van der Waals surface area contributed by atoms with Gasteiger partial charge in [-0.3, -0.25) is 18.6 Å². The van der Waals surface area contributed by atoms with Crippen LogP contribution in [0.5, 0.6) is 0 Å². The summed E-state index contributed by atoms with van der Waals surface area (Å²) in [6.45, 7) is 2.24. The van der Waals surface area contributed by atoms with Gasteiger partial charge in [-0.15, -0.1) is 21.5 Å². The first-order valence-corrected chi connectivity index (χ1v) is 12.9. The molecular formula is C24H31N5O2S. The molecule has 4 aliphatic carbocycles. The second-order valence-corrected chi connectivity index (χ2v) is 11.6. The first kappa shape index (κ1) is 20.4. The lowest BCUT2D eigenvalue weighted by Gasteiger charge is -2.59. The number of aromatic nitrogens is 4. The van der Waals surface area contributed by atoms with E-state index in [0.29, 0.717) is 35.2 Å². The Hall–Kier alpha value is -2.22. The minimum Gasteiger partial charge on any atom is -0.353 e. The molecule has 4 aliphatic rings. The van der Waals surface area contributed by atoms with Gasteiger partial charge in [-0.05, 0) is 86.5 Å². The molecule has 7 rings (SSSR count). The number of carbonyl (C=O) groups is 1. The van der Waals surface area contributed by atoms with Gasteiger partial charge in [-0.1, -0.05) is 0 Å². The largest absolute Gasteiger partial charge is 0.353 e. The van der Waals surface area contributed by atoms with E-state index in [9.17, 15) is 9.59 Å². The van der Waals surface area contributed by atoms with Crippen LogP contribution in [0.15, 0.2) is 16.2 Å². The third-order valence-corrected chi connectivity index (χ3v) is 9.47. The third-order valence-electron chi connectivity index (χ3n) is 8.58. The Morgan fingerprint density at radius 3 is 2.59 bits per heavy atom. The molecule has 4 fully saturated rings. The number of hydrogen-bond acceptors (Lipinski definition) is 5. The summed E-state index contributed by atoms with van der Waals surface area (Å²) in [4.78, 5) is 25.3. The zero-order chi connectivity index (χ0) is 22.0. The van der Waals surface area contributed by atoms with Crippen molar-refractivity contribution in [2.75, 3.05) is 0 Å². The average Bonchev–Trinajstić information content (AvgIpc) is 3.38. The number of thiophene rings is 1. The highest BCUT2D eigenvalue weighted by molar-refractivity contribution is 7.17. The van der Waals surface area contributed by atoms with E-state index in [1.54, 1.807) is 11.6 Å². The molecule has 0 aromatic carbocycles. The number of hydrogen-bond donors (Lipinski definition) is 1. The van der Waals surface area contributed by atoms with Gasteiger partial charge in [0, 0.05) is 25.9 Å². The fourth-order valence-corrected chi connectivity index (χ4v) is 8.25. The molecule has 0 unspecified atom stereocenters. The van der Waals surface area contributed by atoms with Gasteiger partial charge in [-0.25, -0.2) is 0 Å². The van der Waals surface area contributed by atoms with Crippen molar-refractivity contribution in [3.8, 4) is 0 Å². The van der Waals surface area contributed by atoms with Gasteiger partial charge in [0.1, 0.15) is 10.5 Å². The van der Waals surface area contributed by atoms with Crippen LogP contribution in [0.1, 0.15) is 64.1 Å². The van der Waals surface area contributed by atoms with E-state index in [-0.39, 0.29) is 17.5 Å². The quantitative estimate of drug-likeness (QED) is 0.617. The molecular weight excluding hydrogens is 422 g/mol. The highest BCUT2D eigenvalue weighted by atomic mass is 32.1. The summed E-state index contributed by atoms with van der Waals surface area (Å²) >= 11 is 1.44. The summed E-state index contributed by atoms with van der Waals surface area (Å²) < 4.78 is 4.22. The molecule has 0 aliphatic heterocycles. The molecule has 0 spiro atoms. The predicted molar refractivity (Wildman–Crippen MR) is 125 cm³/mol. The summed E-state index contributed by atoms with van der Waals surface area (Å²) in [6, 6.07) is 2.21. The molecule has 1 amide bonds. The summed E-state index contributed by atoms with van der Waals surface area (Å²) in [5, 5.41) is 13.9. The van der Waals surface area contributed by atoms with Gasteiger partial charge >= 0.3 is 0 Å². The lowest BCUT2D eigenvalue weighted by Crippen LogP contribution is -2.55. The molecule has 8 heteroatoms. The van der Waals surface area contributed by atoms with Crippen LogP contribution < -0.4 is 10.9 Å². The fourth-order valence-electron chi connectivity index (χ4n) is 7.40. The van der Waals surface area contributed by atoms with Crippen molar-refractivity contribution in [1.82, 2.24) is 24.5 Å². The third kappa shape index (κ3) is 3.13. The Labute approximate surface area is 191 Å².